The van der Waals surface area contributed by atoms with Crippen molar-refractivity contribution in [3.05, 3.63) is 194 Å². The third-order valence-corrected chi connectivity index (χ3v) is 12.5. The van der Waals surface area contributed by atoms with Crippen LogP contribution >= 0.6 is 11.3 Å². The molecule has 3 heterocycles. The zero-order valence-corrected chi connectivity index (χ0v) is 31.0. The number of aromatic nitrogens is 1. The lowest BCUT2D eigenvalue weighted by atomic mass is 10.0. The molecule has 12 aromatic rings. The highest BCUT2D eigenvalue weighted by atomic mass is 32.1. The number of benzene rings is 9. The van der Waals surface area contributed by atoms with E-state index in [-0.39, 0.29) is 0 Å². The van der Waals surface area contributed by atoms with Crippen molar-refractivity contribution in [3.63, 3.8) is 0 Å². The topological polar surface area (TPSA) is 21.3 Å². The van der Waals surface area contributed by atoms with Crippen molar-refractivity contribution in [2.75, 3.05) is 4.90 Å². The van der Waals surface area contributed by atoms with Gasteiger partial charge in [0.1, 0.15) is 11.2 Å². The second-order valence-electron chi connectivity index (χ2n) is 14.5. The van der Waals surface area contributed by atoms with E-state index in [1.54, 1.807) is 0 Å². The summed E-state index contributed by atoms with van der Waals surface area (Å²) < 4.78 is 11.4. The molecule has 0 radical (unpaired) electrons. The molecule has 0 saturated carbocycles. The Kier molecular flexibility index (Phi) is 6.80. The molecule has 0 amide bonds. The van der Waals surface area contributed by atoms with Crippen molar-refractivity contribution in [1.82, 2.24) is 4.57 Å². The van der Waals surface area contributed by atoms with Crippen molar-refractivity contribution < 1.29 is 4.42 Å². The van der Waals surface area contributed by atoms with Gasteiger partial charge in [-0.2, -0.15) is 0 Å². The number of rotatable bonds is 5. The molecule has 56 heavy (non-hydrogen) atoms. The molecule has 0 bridgehead atoms. The predicted octanol–water partition coefficient (Wildman–Crippen LogP) is 15.3. The first-order chi connectivity index (χ1) is 27.7. The minimum atomic E-state index is 0.879. The zero-order valence-electron chi connectivity index (χ0n) is 30.2. The van der Waals surface area contributed by atoms with E-state index in [1.807, 2.05) is 23.5 Å². The number of thiophene rings is 1. The van der Waals surface area contributed by atoms with E-state index in [1.165, 1.54) is 63.9 Å². The van der Waals surface area contributed by atoms with Crippen LogP contribution in [0.5, 0.6) is 0 Å². The summed E-state index contributed by atoms with van der Waals surface area (Å²) in [4.78, 5) is 2.34. The van der Waals surface area contributed by atoms with Gasteiger partial charge in [-0.05, 0) is 101 Å². The van der Waals surface area contributed by atoms with Gasteiger partial charge in [-0.15, -0.1) is 11.3 Å². The van der Waals surface area contributed by atoms with Crippen LogP contribution in [0.25, 0.3) is 91.5 Å². The van der Waals surface area contributed by atoms with Crippen LogP contribution in [0.2, 0.25) is 0 Å². The average molecular weight is 733 g/mol. The van der Waals surface area contributed by atoms with E-state index in [0.29, 0.717) is 0 Å². The Balaban J connectivity index is 0.951. The monoisotopic (exact) mass is 732 g/mol. The number of furan rings is 1. The van der Waals surface area contributed by atoms with E-state index in [4.69, 9.17) is 4.42 Å². The lowest BCUT2D eigenvalue weighted by Gasteiger charge is -2.26. The largest absolute Gasteiger partial charge is 0.456 e. The smallest absolute Gasteiger partial charge is 0.137 e. The number of fused-ring (bicyclic) bond motifs is 11. The molecule has 0 aliphatic rings. The number of hydrogen-bond acceptors (Lipinski definition) is 3. The Morgan fingerprint density at radius 3 is 1.88 bits per heavy atom. The number of nitrogens with zero attached hydrogens (tertiary/aromatic N) is 2. The highest BCUT2D eigenvalue weighted by molar-refractivity contribution is 7.25. The molecule has 3 nitrogen and oxygen atoms in total. The molecule has 0 unspecified atom stereocenters. The first-order valence-electron chi connectivity index (χ1n) is 19.0. The minimum Gasteiger partial charge on any atom is -0.456 e. The number of para-hydroxylation sites is 2. The maximum absolute atomic E-state index is 6.38. The SMILES string of the molecule is c1ccc2c(c1)ccc1c2c2ccccc2n1-c1ccc(-c2ccc(N(c3ccc4c(c3)oc3ccccc34)c3ccc4sc5ccccc5c4c3)cc2)cc1. The van der Waals surface area contributed by atoms with E-state index in [0.717, 1.165) is 44.7 Å². The fourth-order valence-electron chi connectivity index (χ4n) is 8.78. The Morgan fingerprint density at radius 1 is 0.393 bits per heavy atom. The summed E-state index contributed by atoms with van der Waals surface area (Å²) in [5.41, 5.74) is 10.9. The van der Waals surface area contributed by atoms with Gasteiger partial charge in [-0.25, -0.2) is 0 Å². The quantitative estimate of drug-likeness (QED) is 0.176. The van der Waals surface area contributed by atoms with Gasteiger partial charge >= 0.3 is 0 Å². The molecule has 0 spiro atoms. The van der Waals surface area contributed by atoms with Gasteiger partial charge in [0.05, 0.1) is 11.0 Å². The Labute approximate surface area is 326 Å². The summed E-state index contributed by atoms with van der Waals surface area (Å²) >= 11 is 1.84. The second kappa shape index (κ2) is 12.2. The Morgan fingerprint density at radius 2 is 1.02 bits per heavy atom. The van der Waals surface area contributed by atoms with E-state index in [9.17, 15) is 0 Å². The van der Waals surface area contributed by atoms with Crippen molar-refractivity contribution in [1.29, 1.82) is 0 Å². The van der Waals surface area contributed by atoms with Crippen LogP contribution in [-0.2, 0) is 0 Å². The molecule has 12 rings (SSSR count). The fraction of sp³-hybridized carbons (Fsp3) is 0. The van der Waals surface area contributed by atoms with E-state index in [2.05, 4.69) is 191 Å². The fourth-order valence-corrected chi connectivity index (χ4v) is 9.86. The predicted molar refractivity (Wildman–Crippen MR) is 239 cm³/mol. The van der Waals surface area contributed by atoms with Gasteiger partial charge in [0.2, 0.25) is 0 Å². The summed E-state index contributed by atoms with van der Waals surface area (Å²) in [6, 6.07) is 70.2. The van der Waals surface area contributed by atoms with Gasteiger partial charge in [0, 0.05) is 70.5 Å². The minimum absolute atomic E-state index is 0.879. The van der Waals surface area contributed by atoms with Crippen LogP contribution in [0.15, 0.2) is 199 Å². The second-order valence-corrected chi connectivity index (χ2v) is 15.6. The standard InChI is InChI=1S/C52H32N2OS/c1-2-10-40-35(9-1)21-29-47-52(40)44-13-3-6-14-46(44)54(47)37-24-19-34(20-25-37)33-17-22-36(23-18-33)53(38-27-30-51-45(31-38)43-12-5-8-16-50(43)56-51)39-26-28-42-41-11-4-7-15-48(41)55-49(42)32-39/h1-32H. The Bertz CT molecular complexity index is 3480. The molecule has 0 atom stereocenters. The lowest BCUT2D eigenvalue weighted by molar-refractivity contribution is 0.669. The lowest BCUT2D eigenvalue weighted by Crippen LogP contribution is -2.09. The van der Waals surface area contributed by atoms with Gasteiger partial charge in [0.15, 0.2) is 0 Å². The molecule has 0 saturated heterocycles. The third kappa shape index (κ3) is 4.76. The molecule has 3 aromatic heterocycles. The van der Waals surface area contributed by atoms with E-state index < -0.39 is 0 Å². The van der Waals surface area contributed by atoms with Crippen molar-refractivity contribution >= 4 is 103 Å². The maximum atomic E-state index is 6.38. The Hall–Kier alpha value is -7.14. The van der Waals surface area contributed by atoms with Crippen molar-refractivity contribution in [3.8, 4) is 16.8 Å². The van der Waals surface area contributed by atoms with Crippen LogP contribution in [0.3, 0.4) is 0 Å². The summed E-state index contributed by atoms with van der Waals surface area (Å²) in [5.74, 6) is 0. The molecule has 0 fully saturated rings. The van der Waals surface area contributed by atoms with Crippen LogP contribution < -0.4 is 4.90 Å². The first kappa shape index (κ1) is 31.2. The normalized spacial score (nSPS) is 11.9. The molecule has 9 aromatic carbocycles. The molecular formula is C52H32N2OS. The van der Waals surface area contributed by atoms with Gasteiger partial charge < -0.3 is 13.9 Å². The van der Waals surface area contributed by atoms with Crippen molar-refractivity contribution in [2.24, 2.45) is 0 Å². The van der Waals surface area contributed by atoms with Crippen LogP contribution in [-0.4, -0.2) is 4.57 Å². The first-order valence-corrected chi connectivity index (χ1v) is 19.8. The average Bonchev–Trinajstić information content (AvgIpc) is 3.93. The molecular weight excluding hydrogens is 701 g/mol. The zero-order chi connectivity index (χ0) is 36.7. The summed E-state index contributed by atoms with van der Waals surface area (Å²) in [5, 5.41) is 9.93. The van der Waals surface area contributed by atoms with E-state index >= 15 is 0 Å². The summed E-state index contributed by atoms with van der Waals surface area (Å²) in [6.07, 6.45) is 0. The van der Waals surface area contributed by atoms with Crippen LogP contribution in [0, 0.1) is 0 Å². The number of anilines is 3. The highest BCUT2D eigenvalue weighted by Crippen LogP contribution is 2.43. The number of hydrogen-bond donors (Lipinski definition) is 0. The van der Waals surface area contributed by atoms with Crippen LogP contribution in [0.4, 0.5) is 17.1 Å². The summed E-state index contributed by atoms with van der Waals surface area (Å²) in [7, 11) is 0. The third-order valence-electron chi connectivity index (χ3n) is 11.4. The molecule has 4 heteroatoms. The molecule has 262 valence electrons. The van der Waals surface area contributed by atoms with Gasteiger partial charge in [-0.3, -0.25) is 0 Å². The molecule has 0 aliphatic heterocycles. The maximum Gasteiger partial charge on any atom is 0.137 e. The molecule has 0 aliphatic carbocycles. The molecule has 0 N–H and O–H groups in total. The summed E-state index contributed by atoms with van der Waals surface area (Å²) in [6.45, 7) is 0. The van der Waals surface area contributed by atoms with Crippen LogP contribution in [0.1, 0.15) is 0 Å². The van der Waals surface area contributed by atoms with Gasteiger partial charge in [0.25, 0.3) is 0 Å². The van der Waals surface area contributed by atoms with Crippen molar-refractivity contribution in [2.45, 2.75) is 0 Å². The highest BCUT2D eigenvalue weighted by Gasteiger charge is 2.18. The van der Waals surface area contributed by atoms with Gasteiger partial charge in [-0.1, -0.05) is 109 Å².